The first-order valence-electron chi connectivity index (χ1n) is 6.84. The summed E-state index contributed by atoms with van der Waals surface area (Å²) in [4.78, 5) is 6.21. The van der Waals surface area contributed by atoms with Crippen molar-refractivity contribution in [1.82, 2.24) is 0 Å². The zero-order chi connectivity index (χ0) is 15.0. The van der Waals surface area contributed by atoms with Crippen molar-refractivity contribution in [2.24, 2.45) is 4.99 Å². The fourth-order valence-electron chi connectivity index (χ4n) is 2.41. The Balaban J connectivity index is 2.27. The molecule has 0 fully saturated rings. The van der Waals surface area contributed by atoms with Crippen LogP contribution in [-0.2, 0) is 6.42 Å². The second kappa shape index (κ2) is 6.65. The van der Waals surface area contributed by atoms with E-state index >= 15 is 0 Å². The summed E-state index contributed by atoms with van der Waals surface area (Å²) >= 11 is 11.1. The summed E-state index contributed by atoms with van der Waals surface area (Å²) in [6.07, 6.45) is 3.48. The van der Waals surface area contributed by atoms with Crippen LogP contribution in [0, 0.1) is 4.51 Å². The molecule has 0 aromatic heterocycles. The summed E-state index contributed by atoms with van der Waals surface area (Å²) in [6.45, 7) is 2.23. The molecule has 1 unspecified atom stereocenters. The zero-order valence-corrected chi connectivity index (χ0v) is 17.1. The van der Waals surface area contributed by atoms with Crippen LogP contribution in [0.2, 0.25) is 0 Å². The Hall–Kier alpha value is 0.0300. The van der Waals surface area contributed by atoms with Gasteiger partial charge in [-0.1, -0.05) is 54.1 Å². The van der Waals surface area contributed by atoms with Crippen LogP contribution >= 0.6 is 55.6 Å². The van der Waals surface area contributed by atoms with E-state index in [2.05, 4.69) is 83.9 Å². The number of hydrogen-bond donors (Lipinski definition) is 0. The smallest absolute Gasteiger partial charge is 0.0809 e. The van der Waals surface area contributed by atoms with Gasteiger partial charge in [0, 0.05) is 18.4 Å². The van der Waals surface area contributed by atoms with Crippen LogP contribution in [0.4, 0.5) is 5.69 Å². The maximum absolute atomic E-state index is 4.93. The Kier molecular flexibility index (Phi) is 5.04. The van der Waals surface area contributed by atoms with Gasteiger partial charge in [-0.25, -0.2) is 4.99 Å². The van der Waals surface area contributed by atoms with Crippen molar-refractivity contribution >= 4 is 61.3 Å². The van der Waals surface area contributed by atoms with Crippen molar-refractivity contribution in [1.29, 1.82) is 0 Å². The van der Waals surface area contributed by atoms with Crippen LogP contribution in [-0.4, -0.2) is 0 Å². The molecular formula is C16H14Br3NS. The molecule has 110 valence electrons. The van der Waals surface area contributed by atoms with Gasteiger partial charge < -0.3 is 0 Å². The van der Waals surface area contributed by atoms with Gasteiger partial charge in [0.1, 0.15) is 0 Å². The minimum absolute atomic E-state index is 0.118. The van der Waals surface area contributed by atoms with Gasteiger partial charge in [0.2, 0.25) is 0 Å². The van der Waals surface area contributed by atoms with Crippen LogP contribution < -0.4 is 5.36 Å². The average molecular weight is 492 g/mol. The molecule has 3 rings (SSSR count). The number of halogens is 3. The second-order valence-electron chi connectivity index (χ2n) is 5.00. The monoisotopic (exact) mass is 489 g/mol. The first-order valence-corrected chi connectivity index (χ1v) is 11.5. The molecule has 2 aromatic carbocycles. The highest BCUT2D eigenvalue weighted by molar-refractivity contribution is 9.52. The Morgan fingerprint density at radius 3 is 2.67 bits per heavy atom. The summed E-state index contributed by atoms with van der Waals surface area (Å²) in [7, 11) is -0.118. The minimum Gasteiger partial charge on any atom is -0.246 e. The standard InChI is InChI=1S/C16H14Br3NS/c1-2-3-4-10-7-12(18)9-15-16(10)20-13-6-5-11(17)8-14(13)21(15)19/h5-9H,2-4H2,1H3. The summed E-state index contributed by atoms with van der Waals surface area (Å²) in [5.41, 5.74) is 2.49. The molecule has 0 saturated heterocycles. The number of nitrogens with zero attached hydrogens (tertiary/aromatic N) is 1. The van der Waals surface area contributed by atoms with E-state index in [0.717, 1.165) is 26.4 Å². The molecule has 0 spiro atoms. The zero-order valence-electron chi connectivity index (χ0n) is 11.5. The first-order chi connectivity index (χ1) is 10.1. The third kappa shape index (κ3) is 3.21. The number of hydrogen-bond acceptors (Lipinski definition) is 1. The summed E-state index contributed by atoms with van der Waals surface area (Å²) in [6, 6.07) is 10.7. The number of unbranched alkanes of at least 4 members (excludes halogenated alkanes) is 1. The number of rotatable bonds is 3. The van der Waals surface area contributed by atoms with Crippen LogP contribution in [0.1, 0.15) is 25.3 Å². The maximum Gasteiger partial charge on any atom is 0.0809 e. The fourth-order valence-corrected chi connectivity index (χ4v) is 6.44. The van der Waals surface area contributed by atoms with Gasteiger partial charge in [-0.05, 0) is 63.5 Å². The van der Waals surface area contributed by atoms with E-state index in [0.29, 0.717) is 0 Å². The lowest BCUT2D eigenvalue weighted by molar-refractivity contribution is 0.793. The number of fused-ring (bicyclic) bond motifs is 2. The van der Waals surface area contributed by atoms with Gasteiger partial charge >= 0.3 is 0 Å². The first kappa shape index (κ1) is 15.9. The molecule has 0 amide bonds. The molecular weight excluding hydrogens is 478 g/mol. The van der Waals surface area contributed by atoms with E-state index in [1.54, 1.807) is 0 Å². The average Bonchev–Trinajstić information content (AvgIpc) is 2.47. The van der Waals surface area contributed by atoms with Crippen molar-refractivity contribution in [3.05, 3.63) is 54.7 Å². The van der Waals surface area contributed by atoms with Gasteiger partial charge in [-0.15, -0.1) is 0 Å². The van der Waals surface area contributed by atoms with E-state index in [-0.39, 0.29) is 8.92 Å². The summed E-state index contributed by atoms with van der Waals surface area (Å²) in [5.74, 6) is 0. The second-order valence-corrected chi connectivity index (χ2v) is 10.2. The third-order valence-electron chi connectivity index (χ3n) is 3.46. The van der Waals surface area contributed by atoms with Crippen molar-refractivity contribution in [3.8, 4) is 0 Å². The Morgan fingerprint density at radius 1 is 1.10 bits per heavy atom. The van der Waals surface area contributed by atoms with E-state index < -0.39 is 0 Å². The molecule has 0 aliphatic carbocycles. The number of benzene rings is 2. The van der Waals surface area contributed by atoms with Gasteiger partial charge in [0.25, 0.3) is 0 Å². The summed E-state index contributed by atoms with van der Waals surface area (Å²) in [5, 5.41) is 1.07. The van der Waals surface area contributed by atoms with Crippen molar-refractivity contribution in [2.75, 3.05) is 0 Å². The van der Waals surface area contributed by atoms with Crippen LogP contribution in [0.3, 0.4) is 0 Å². The molecule has 1 atom stereocenters. The predicted octanol–water partition coefficient (Wildman–Crippen LogP) is 6.71. The topological polar surface area (TPSA) is 12.4 Å². The van der Waals surface area contributed by atoms with E-state index in [1.165, 1.54) is 27.8 Å². The fraction of sp³-hybridized carbons (Fsp3) is 0.250. The molecule has 21 heavy (non-hydrogen) atoms. The SMILES string of the molecule is CCCCc1cc(Br)cc2c1N=c1ccc(Br)cc1=S2Br. The Morgan fingerprint density at radius 2 is 1.90 bits per heavy atom. The quantitative estimate of drug-likeness (QED) is 0.423. The summed E-state index contributed by atoms with van der Waals surface area (Å²) < 4.78 is 3.48. The Bertz CT molecular complexity index is 830. The minimum atomic E-state index is -0.118. The maximum atomic E-state index is 4.93. The molecule has 1 aliphatic rings. The molecule has 0 N–H and O–H groups in total. The van der Waals surface area contributed by atoms with E-state index in [4.69, 9.17) is 4.99 Å². The van der Waals surface area contributed by atoms with Gasteiger partial charge in [-0.3, -0.25) is 0 Å². The predicted molar refractivity (Wildman–Crippen MR) is 101 cm³/mol. The third-order valence-corrected chi connectivity index (χ3v) is 7.91. The molecule has 0 bridgehead atoms. The molecule has 0 radical (unpaired) electrons. The Labute approximate surface area is 151 Å². The lowest BCUT2D eigenvalue weighted by Crippen LogP contribution is -2.06. The largest absolute Gasteiger partial charge is 0.246 e. The van der Waals surface area contributed by atoms with E-state index in [9.17, 15) is 0 Å². The normalized spacial score (nSPS) is 16.1. The van der Waals surface area contributed by atoms with Crippen molar-refractivity contribution < 1.29 is 0 Å². The van der Waals surface area contributed by atoms with Gasteiger partial charge in [-0.2, -0.15) is 0 Å². The van der Waals surface area contributed by atoms with Crippen molar-refractivity contribution in [2.45, 2.75) is 31.1 Å². The molecule has 1 nitrogen and oxygen atoms in total. The molecule has 0 saturated carbocycles. The van der Waals surface area contributed by atoms with Crippen LogP contribution in [0.5, 0.6) is 0 Å². The van der Waals surface area contributed by atoms with E-state index in [1.807, 2.05) is 0 Å². The van der Waals surface area contributed by atoms with Crippen LogP contribution in [0.25, 0.3) is 0 Å². The molecule has 5 heteroatoms. The highest BCUT2D eigenvalue weighted by Gasteiger charge is 2.16. The molecule has 1 aliphatic heterocycles. The highest BCUT2D eigenvalue weighted by Crippen LogP contribution is 2.47. The van der Waals surface area contributed by atoms with Crippen LogP contribution in [0.15, 0.2) is 49.2 Å². The number of aryl methyl sites for hydroxylation is 1. The molecule has 1 heterocycles. The highest BCUT2D eigenvalue weighted by atomic mass is 79.9. The van der Waals surface area contributed by atoms with Gasteiger partial charge in [0.05, 0.1) is 11.0 Å². The molecule has 2 aromatic rings. The lowest BCUT2D eigenvalue weighted by Gasteiger charge is -2.16. The lowest BCUT2D eigenvalue weighted by atomic mass is 10.1. The van der Waals surface area contributed by atoms with Crippen molar-refractivity contribution in [3.63, 3.8) is 0 Å². The van der Waals surface area contributed by atoms with Gasteiger partial charge in [0.15, 0.2) is 0 Å².